The lowest BCUT2D eigenvalue weighted by atomic mass is 9.87. The first kappa shape index (κ1) is 19.3. The van der Waals surface area contributed by atoms with Crippen molar-refractivity contribution in [1.82, 2.24) is 0 Å². The van der Waals surface area contributed by atoms with Crippen molar-refractivity contribution in [2.24, 2.45) is 0 Å². The fourth-order valence-electron chi connectivity index (χ4n) is 2.36. The van der Waals surface area contributed by atoms with E-state index in [1.807, 2.05) is 36.4 Å². The van der Waals surface area contributed by atoms with Crippen LogP contribution in [0.3, 0.4) is 0 Å². The van der Waals surface area contributed by atoms with Gasteiger partial charge in [-0.15, -0.1) is 0 Å². The van der Waals surface area contributed by atoms with Crippen molar-refractivity contribution in [3.05, 3.63) is 70.3 Å². The third kappa shape index (κ3) is 5.46. The number of carbonyl (C=O) groups excluding carboxylic acids is 1. The Morgan fingerprint density at radius 2 is 1.88 bits per heavy atom. The van der Waals surface area contributed by atoms with Gasteiger partial charge in [-0.25, -0.2) is 4.79 Å². The van der Waals surface area contributed by atoms with Crippen LogP contribution < -0.4 is 5.32 Å². The molecule has 2 aromatic carbocycles. The third-order valence-electron chi connectivity index (χ3n) is 3.74. The maximum Gasteiger partial charge on any atom is 0.340 e. The zero-order chi connectivity index (χ0) is 18.4. The summed E-state index contributed by atoms with van der Waals surface area (Å²) in [5, 5.41) is 3.24. The average Bonchev–Trinajstić information content (AvgIpc) is 2.55. The summed E-state index contributed by atoms with van der Waals surface area (Å²) in [6.07, 6.45) is 1.71. The first-order valence-electron chi connectivity index (χ1n) is 8.31. The molecule has 0 aromatic heterocycles. The van der Waals surface area contributed by atoms with Gasteiger partial charge < -0.3 is 10.1 Å². The van der Waals surface area contributed by atoms with Crippen LogP contribution in [0.1, 0.15) is 38.8 Å². The van der Waals surface area contributed by atoms with Crippen LogP contribution >= 0.6 is 15.9 Å². The van der Waals surface area contributed by atoms with Crippen LogP contribution in [0.5, 0.6) is 0 Å². The average molecular weight is 402 g/mol. The molecule has 0 atom stereocenters. The van der Waals surface area contributed by atoms with E-state index < -0.39 is 0 Å². The van der Waals surface area contributed by atoms with E-state index in [9.17, 15) is 4.79 Å². The minimum absolute atomic E-state index is 0.0651. The summed E-state index contributed by atoms with van der Waals surface area (Å²) in [5.41, 5.74) is 3.52. The smallest absolute Gasteiger partial charge is 0.340 e. The van der Waals surface area contributed by atoms with Gasteiger partial charge in [0, 0.05) is 16.4 Å². The molecule has 132 valence electrons. The highest BCUT2D eigenvalue weighted by atomic mass is 79.9. The summed E-state index contributed by atoms with van der Waals surface area (Å²) in [4.78, 5) is 12.4. The topological polar surface area (TPSA) is 38.3 Å². The van der Waals surface area contributed by atoms with Crippen molar-refractivity contribution in [2.45, 2.75) is 33.1 Å². The van der Waals surface area contributed by atoms with Crippen molar-refractivity contribution in [2.75, 3.05) is 11.9 Å². The largest absolute Gasteiger partial charge is 0.462 e. The van der Waals surface area contributed by atoms with Gasteiger partial charge >= 0.3 is 5.97 Å². The molecule has 0 radical (unpaired) electrons. The molecule has 3 nitrogen and oxygen atoms in total. The molecule has 25 heavy (non-hydrogen) atoms. The van der Waals surface area contributed by atoms with Gasteiger partial charge in [0.1, 0.15) is 0 Å². The molecular formula is C21H24BrNO2. The van der Waals surface area contributed by atoms with Crippen molar-refractivity contribution in [1.29, 1.82) is 0 Å². The van der Waals surface area contributed by atoms with E-state index in [2.05, 4.69) is 54.2 Å². The molecular weight excluding hydrogens is 378 g/mol. The molecule has 0 unspecified atom stereocenters. The third-order valence-corrected chi connectivity index (χ3v) is 4.24. The molecule has 4 heteroatoms. The quantitative estimate of drug-likeness (QED) is 0.510. The molecule has 0 bridgehead atoms. The van der Waals surface area contributed by atoms with Crippen LogP contribution in [0.15, 0.2) is 59.2 Å². The number of carbonyl (C=O) groups is 1. The predicted octanol–water partition coefficient (Wildman–Crippen LogP) is 5.76. The number of benzene rings is 2. The fourth-order valence-corrected chi connectivity index (χ4v) is 2.76. The van der Waals surface area contributed by atoms with Crippen LogP contribution in [-0.2, 0) is 14.9 Å². The number of hydrogen-bond acceptors (Lipinski definition) is 3. The predicted molar refractivity (Wildman–Crippen MR) is 108 cm³/mol. The molecule has 0 saturated carbocycles. The van der Waals surface area contributed by atoms with Crippen LogP contribution in [0, 0.1) is 0 Å². The lowest BCUT2D eigenvalue weighted by Crippen LogP contribution is -2.11. The molecule has 0 amide bonds. The summed E-state index contributed by atoms with van der Waals surface area (Å²) in [6, 6.07) is 15.8. The molecule has 0 aliphatic heterocycles. The number of anilines is 1. The Labute approximate surface area is 158 Å². The summed E-state index contributed by atoms with van der Waals surface area (Å²) < 4.78 is 6.11. The summed E-state index contributed by atoms with van der Waals surface area (Å²) in [6.45, 7) is 8.66. The van der Waals surface area contributed by atoms with Crippen molar-refractivity contribution >= 4 is 33.2 Å². The standard InChI is InChI=1S/C21H24BrNO2/c1-5-25-20(24)19(15-8-6-10-17(22)12-15)14-23-18-11-7-9-16(13-18)21(2,3)4/h6-14,23H,5H2,1-4H3. The Morgan fingerprint density at radius 3 is 2.52 bits per heavy atom. The van der Waals surface area contributed by atoms with Gasteiger partial charge in [0.15, 0.2) is 0 Å². The van der Waals surface area contributed by atoms with Gasteiger partial charge in [0.25, 0.3) is 0 Å². The number of nitrogens with one attached hydrogen (secondary N) is 1. The van der Waals surface area contributed by atoms with Crippen molar-refractivity contribution in [3.63, 3.8) is 0 Å². The van der Waals surface area contributed by atoms with Gasteiger partial charge in [-0.1, -0.05) is 61.0 Å². The second-order valence-electron chi connectivity index (χ2n) is 6.76. The highest BCUT2D eigenvalue weighted by Gasteiger charge is 2.15. The van der Waals surface area contributed by atoms with Crippen molar-refractivity contribution in [3.8, 4) is 0 Å². The Bertz CT molecular complexity index is 775. The first-order chi connectivity index (χ1) is 11.8. The van der Waals surface area contributed by atoms with Gasteiger partial charge in [-0.05, 0) is 47.7 Å². The van der Waals surface area contributed by atoms with Gasteiger partial charge in [0.2, 0.25) is 0 Å². The zero-order valence-corrected chi connectivity index (χ0v) is 16.7. The van der Waals surface area contributed by atoms with Gasteiger partial charge in [-0.2, -0.15) is 0 Å². The minimum Gasteiger partial charge on any atom is -0.462 e. The molecule has 2 aromatic rings. The Morgan fingerprint density at radius 1 is 1.16 bits per heavy atom. The van der Waals surface area contributed by atoms with E-state index in [0.29, 0.717) is 12.2 Å². The first-order valence-corrected chi connectivity index (χ1v) is 9.11. The molecule has 0 aliphatic carbocycles. The maximum atomic E-state index is 12.4. The SMILES string of the molecule is CCOC(=O)C(=CNc1cccc(C(C)(C)C)c1)c1cccc(Br)c1. The normalized spacial score (nSPS) is 12.0. The lowest BCUT2D eigenvalue weighted by Gasteiger charge is -2.19. The van der Waals surface area contributed by atoms with E-state index in [-0.39, 0.29) is 11.4 Å². The maximum absolute atomic E-state index is 12.4. The number of rotatable bonds is 5. The van der Waals surface area contributed by atoms with Crippen LogP contribution in [0.2, 0.25) is 0 Å². The number of hydrogen-bond donors (Lipinski definition) is 1. The highest BCUT2D eigenvalue weighted by Crippen LogP contribution is 2.25. The second-order valence-corrected chi connectivity index (χ2v) is 7.68. The molecule has 2 rings (SSSR count). The zero-order valence-electron chi connectivity index (χ0n) is 15.1. The van der Waals surface area contributed by atoms with Crippen LogP contribution in [0.4, 0.5) is 5.69 Å². The van der Waals surface area contributed by atoms with Gasteiger partial charge in [0.05, 0.1) is 12.2 Å². The molecule has 0 saturated heterocycles. The summed E-state index contributed by atoms with van der Waals surface area (Å²) in [7, 11) is 0. The number of ether oxygens (including phenoxy) is 1. The Balaban J connectivity index is 2.33. The molecule has 0 heterocycles. The van der Waals surface area contributed by atoms with Crippen LogP contribution in [-0.4, -0.2) is 12.6 Å². The number of esters is 1. The van der Waals surface area contributed by atoms with Crippen molar-refractivity contribution < 1.29 is 9.53 Å². The molecule has 1 N–H and O–H groups in total. The summed E-state index contributed by atoms with van der Waals surface area (Å²) in [5.74, 6) is -0.347. The minimum atomic E-state index is -0.347. The number of halogens is 1. The highest BCUT2D eigenvalue weighted by molar-refractivity contribution is 9.10. The lowest BCUT2D eigenvalue weighted by molar-refractivity contribution is -0.136. The van der Waals surface area contributed by atoms with Crippen LogP contribution in [0.25, 0.3) is 5.57 Å². The monoisotopic (exact) mass is 401 g/mol. The fraction of sp³-hybridized carbons (Fsp3) is 0.286. The Hall–Kier alpha value is -2.07. The molecule has 0 aliphatic rings. The van der Waals surface area contributed by atoms with E-state index in [4.69, 9.17) is 4.74 Å². The molecule has 0 fully saturated rings. The van der Waals surface area contributed by atoms with E-state index >= 15 is 0 Å². The van der Waals surface area contributed by atoms with E-state index in [0.717, 1.165) is 15.7 Å². The van der Waals surface area contributed by atoms with E-state index in [1.54, 1.807) is 13.1 Å². The van der Waals surface area contributed by atoms with E-state index in [1.165, 1.54) is 5.56 Å². The van der Waals surface area contributed by atoms with Gasteiger partial charge in [-0.3, -0.25) is 0 Å². The summed E-state index contributed by atoms with van der Waals surface area (Å²) >= 11 is 3.45. The second kappa shape index (κ2) is 8.34. The Kier molecular flexibility index (Phi) is 6.43. The molecule has 0 spiro atoms.